The minimum Gasteiger partial charge on any atom is -0.478 e. The number of hydrogen-bond donors (Lipinski definition) is 2. The summed E-state index contributed by atoms with van der Waals surface area (Å²) in [7, 11) is 1.84. The molecule has 1 aromatic carbocycles. The third-order valence-corrected chi connectivity index (χ3v) is 3.97. The third kappa shape index (κ3) is 3.35. The maximum atomic E-state index is 13.8. The van der Waals surface area contributed by atoms with Crippen molar-refractivity contribution < 1.29 is 19.4 Å². The lowest BCUT2D eigenvalue weighted by Gasteiger charge is -2.35. The molecular formula is C15H20FNO3. The molecule has 0 saturated heterocycles. The lowest BCUT2D eigenvalue weighted by Crippen LogP contribution is -2.43. The van der Waals surface area contributed by atoms with Crippen molar-refractivity contribution in [1.82, 2.24) is 4.90 Å². The van der Waals surface area contributed by atoms with Crippen LogP contribution in [0.4, 0.5) is 4.39 Å². The van der Waals surface area contributed by atoms with Gasteiger partial charge in [0, 0.05) is 18.2 Å². The van der Waals surface area contributed by atoms with Gasteiger partial charge in [-0.15, -0.1) is 0 Å². The molecule has 0 bridgehead atoms. The summed E-state index contributed by atoms with van der Waals surface area (Å²) in [5.74, 6) is -1.47. The number of rotatable bonds is 4. The van der Waals surface area contributed by atoms with Gasteiger partial charge in [-0.3, -0.25) is 4.90 Å². The van der Waals surface area contributed by atoms with Gasteiger partial charge in [-0.2, -0.15) is 0 Å². The Balaban J connectivity index is 2.12. The second kappa shape index (κ2) is 6.33. The van der Waals surface area contributed by atoms with Crippen LogP contribution in [-0.2, 0) is 6.54 Å². The molecule has 4 nitrogen and oxygen atoms in total. The molecule has 2 unspecified atom stereocenters. The SMILES string of the molecule is CN(Cc1cc(C(=O)O)ccc1F)C1CCCCC1O. The van der Waals surface area contributed by atoms with E-state index in [1.54, 1.807) is 0 Å². The molecule has 0 aliphatic heterocycles. The van der Waals surface area contributed by atoms with E-state index in [4.69, 9.17) is 5.11 Å². The summed E-state index contributed by atoms with van der Waals surface area (Å²) in [6.07, 6.45) is 3.35. The highest BCUT2D eigenvalue weighted by atomic mass is 19.1. The van der Waals surface area contributed by atoms with Gasteiger partial charge in [-0.05, 0) is 38.1 Å². The number of aliphatic hydroxyl groups excluding tert-OH is 1. The van der Waals surface area contributed by atoms with E-state index < -0.39 is 11.8 Å². The van der Waals surface area contributed by atoms with Crippen LogP contribution in [0, 0.1) is 5.82 Å². The molecule has 2 rings (SSSR count). The van der Waals surface area contributed by atoms with Gasteiger partial charge in [-0.1, -0.05) is 12.8 Å². The Labute approximate surface area is 117 Å². The van der Waals surface area contributed by atoms with Gasteiger partial charge < -0.3 is 10.2 Å². The number of aromatic carboxylic acids is 1. The van der Waals surface area contributed by atoms with Crippen LogP contribution in [0.2, 0.25) is 0 Å². The molecule has 1 aliphatic carbocycles. The maximum absolute atomic E-state index is 13.8. The molecule has 5 heteroatoms. The number of carboxylic acids is 1. The Morgan fingerprint density at radius 2 is 2.10 bits per heavy atom. The summed E-state index contributed by atoms with van der Waals surface area (Å²) >= 11 is 0. The largest absolute Gasteiger partial charge is 0.478 e. The summed E-state index contributed by atoms with van der Waals surface area (Å²) in [5.41, 5.74) is 0.434. The maximum Gasteiger partial charge on any atom is 0.335 e. The zero-order chi connectivity index (χ0) is 14.7. The van der Waals surface area contributed by atoms with Gasteiger partial charge in [0.05, 0.1) is 11.7 Å². The fraction of sp³-hybridized carbons (Fsp3) is 0.533. The average molecular weight is 281 g/mol. The molecule has 1 aliphatic rings. The Hall–Kier alpha value is -1.46. The number of hydrogen-bond acceptors (Lipinski definition) is 3. The predicted molar refractivity (Wildman–Crippen MR) is 73.1 cm³/mol. The van der Waals surface area contributed by atoms with Crippen molar-refractivity contribution in [3.63, 3.8) is 0 Å². The van der Waals surface area contributed by atoms with Gasteiger partial charge in [0.15, 0.2) is 0 Å². The van der Waals surface area contributed by atoms with Crippen LogP contribution in [0.25, 0.3) is 0 Å². The fourth-order valence-electron chi connectivity index (χ4n) is 2.82. The van der Waals surface area contributed by atoms with E-state index in [1.807, 2.05) is 11.9 Å². The summed E-state index contributed by atoms with van der Waals surface area (Å²) in [4.78, 5) is 12.8. The second-order valence-corrected chi connectivity index (χ2v) is 5.45. The fourth-order valence-corrected chi connectivity index (χ4v) is 2.82. The zero-order valence-corrected chi connectivity index (χ0v) is 11.6. The van der Waals surface area contributed by atoms with Gasteiger partial charge >= 0.3 is 5.97 Å². The monoisotopic (exact) mass is 281 g/mol. The first kappa shape index (κ1) is 14.9. The average Bonchev–Trinajstić information content (AvgIpc) is 2.41. The summed E-state index contributed by atoms with van der Waals surface area (Å²) in [6, 6.07) is 3.82. The molecule has 0 aromatic heterocycles. The highest BCUT2D eigenvalue weighted by molar-refractivity contribution is 5.87. The molecule has 0 spiro atoms. The minimum atomic E-state index is -1.06. The molecule has 0 amide bonds. The topological polar surface area (TPSA) is 60.8 Å². The number of benzene rings is 1. The van der Waals surface area contributed by atoms with Crippen molar-refractivity contribution in [2.45, 2.75) is 44.4 Å². The van der Waals surface area contributed by atoms with Crippen LogP contribution in [0.5, 0.6) is 0 Å². The van der Waals surface area contributed by atoms with Crippen molar-refractivity contribution >= 4 is 5.97 Å². The smallest absolute Gasteiger partial charge is 0.335 e. The molecule has 1 fully saturated rings. The van der Waals surface area contributed by atoms with Gasteiger partial charge in [-0.25, -0.2) is 9.18 Å². The van der Waals surface area contributed by atoms with Gasteiger partial charge in [0.1, 0.15) is 5.82 Å². The first-order chi connectivity index (χ1) is 9.49. The van der Waals surface area contributed by atoms with Crippen molar-refractivity contribution in [3.8, 4) is 0 Å². The zero-order valence-electron chi connectivity index (χ0n) is 11.6. The van der Waals surface area contributed by atoms with Crippen LogP contribution in [0.3, 0.4) is 0 Å². The normalized spacial score (nSPS) is 23.0. The Morgan fingerprint density at radius 1 is 1.40 bits per heavy atom. The lowest BCUT2D eigenvalue weighted by molar-refractivity contribution is 0.0284. The van der Waals surface area contributed by atoms with Crippen LogP contribution in [-0.4, -0.2) is 40.3 Å². The van der Waals surface area contributed by atoms with Crippen molar-refractivity contribution in [3.05, 3.63) is 35.1 Å². The lowest BCUT2D eigenvalue weighted by atomic mass is 9.91. The number of aliphatic hydroxyl groups is 1. The van der Waals surface area contributed by atoms with Crippen LogP contribution < -0.4 is 0 Å². The Bertz CT molecular complexity index is 492. The molecule has 1 saturated carbocycles. The minimum absolute atomic E-state index is 0.0108. The molecule has 0 heterocycles. The number of carbonyl (C=O) groups is 1. The third-order valence-electron chi connectivity index (χ3n) is 3.97. The van der Waals surface area contributed by atoms with E-state index in [9.17, 15) is 14.3 Å². The van der Waals surface area contributed by atoms with Crippen LogP contribution in [0.15, 0.2) is 18.2 Å². The van der Waals surface area contributed by atoms with E-state index >= 15 is 0 Å². The van der Waals surface area contributed by atoms with Crippen molar-refractivity contribution in [2.75, 3.05) is 7.05 Å². The summed E-state index contributed by atoms with van der Waals surface area (Å²) < 4.78 is 13.8. The molecular weight excluding hydrogens is 261 g/mol. The molecule has 0 radical (unpaired) electrons. The molecule has 2 atom stereocenters. The van der Waals surface area contributed by atoms with E-state index in [1.165, 1.54) is 18.2 Å². The molecule has 2 N–H and O–H groups in total. The Kier molecular flexibility index (Phi) is 4.73. The van der Waals surface area contributed by atoms with E-state index in [2.05, 4.69) is 0 Å². The standard InChI is InChI=1S/C15H20FNO3/c1-17(13-4-2-3-5-14(13)18)9-11-8-10(15(19)20)6-7-12(11)16/h6-8,13-14,18H,2-5,9H2,1H3,(H,19,20). The number of halogens is 1. The highest BCUT2D eigenvalue weighted by Gasteiger charge is 2.27. The van der Waals surface area contributed by atoms with E-state index in [0.717, 1.165) is 25.7 Å². The predicted octanol–water partition coefficient (Wildman–Crippen LogP) is 2.26. The van der Waals surface area contributed by atoms with Crippen molar-refractivity contribution in [1.29, 1.82) is 0 Å². The second-order valence-electron chi connectivity index (χ2n) is 5.45. The van der Waals surface area contributed by atoms with E-state index in [-0.39, 0.29) is 17.7 Å². The quantitative estimate of drug-likeness (QED) is 0.888. The van der Waals surface area contributed by atoms with Crippen LogP contribution in [0.1, 0.15) is 41.6 Å². The van der Waals surface area contributed by atoms with E-state index in [0.29, 0.717) is 12.1 Å². The molecule has 1 aromatic rings. The van der Waals surface area contributed by atoms with Gasteiger partial charge in [0.2, 0.25) is 0 Å². The van der Waals surface area contributed by atoms with Crippen LogP contribution >= 0.6 is 0 Å². The number of carboxylic acid groups (broad SMARTS) is 1. The van der Waals surface area contributed by atoms with Gasteiger partial charge in [0.25, 0.3) is 0 Å². The highest BCUT2D eigenvalue weighted by Crippen LogP contribution is 2.24. The first-order valence-corrected chi connectivity index (χ1v) is 6.89. The Morgan fingerprint density at radius 3 is 2.75 bits per heavy atom. The molecule has 110 valence electrons. The van der Waals surface area contributed by atoms with Crippen molar-refractivity contribution in [2.24, 2.45) is 0 Å². The summed E-state index contributed by atoms with van der Waals surface area (Å²) in [6.45, 7) is 0.300. The molecule has 20 heavy (non-hydrogen) atoms. The first-order valence-electron chi connectivity index (χ1n) is 6.89. The number of likely N-dealkylation sites (N-methyl/N-ethyl adjacent to an activating group) is 1. The summed E-state index contributed by atoms with van der Waals surface area (Å²) in [5, 5.41) is 18.9. The number of nitrogens with zero attached hydrogens (tertiary/aromatic N) is 1.